The summed E-state index contributed by atoms with van der Waals surface area (Å²) in [6.07, 6.45) is 0.764. The first kappa shape index (κ1) is 14.5. The Morgan fingerprint density at radius 1 is 1.27 bits per heavy atom. The van der Waals surface area contributed by atoms with Crippen LogP contribution < -0.4 is 10.7 Å². The van der Waals surface area contributed by atoms with Gasteiger partial charge in [-0.05, 0) is 36.9 Å². The van der Waals surface area contributed by atoms with Gasteiger partial charge in [-0.15, -0.1) is 11.3 Å². The van der Waals surface area contributed by atoms with Gasteiger partial charge in [-0.25, -0.2) is 0 Å². The van der Waals surface area contributed by atoms with Crippen LogP contribution in [0.2, 0.25) is 0 Å². The molecule has 5 heteroatoms. The molecule has 0 bridgehead atoms. The lowest BCUT2D eigenvalue weighted by Crippen LogP contribution is -2.26. The van der Waals surface area contributed by atoms with Crippen LogP contribution in [0.25, 0.3) is 11.0 Å². The number of hydrogen-bond acceptors (Lipinski definition) is 4. The van der Waals surface area contributed by atoms with Gasteiger partial charge in [0.1, 0.15) is 5.58 Å². The largest absolute Gasteiger partial charge is 0.451 e. The minimum atomic E-state index is -0.365. The molecule has 22 heavy (non-hydrogen) atoms. The standard InChI is InChI=1S/C17H15NO3S/c1-11-4-5-15-13(9-11)14(19)10-16(21-15)17(20)18-7-6-12-3-2-8-22-12/h2-5,8-10H,6-7H2,1H3,(H,18,20). The van der Waals surface area contributed by atoms with E-state index in [1.165, 1.54) is 10.9 Å². The summed E-state index contributed by atoms with van der Waals surface area (Å²) >= 11 is 1.65. The predicted molar refractivity (Wildman–Crippen MR) is 87.6 cm³/mol. The third kappa shape index (κ3) is 3.09. The van der Waals surface area contributed by atoms with Crippen LogP contribution in [-0.2, 0) is 6.42 Å². The lowest BCUT2D eigenvalue weighted by Gasteiger charge is -2.05. The number of nitrogens with one attached hydrogen (secondary N) is 1. The molecule has 1 amide bonds. The second kappa shape index (κ2) is 6.15. The molecule has 0 saturated carbocycles. The summed E-state index contributed by atoms with van der Waals surface area (Å²) in [4.78, 5) is 25.4. The number of carbonyl (C=O) groups is 1. The molecule has 0 atom stereocenters. The Bertz CT molecular complexity index is 865. The molecule has 2 heterocycles. The molecule has 0 fully saturated rings. The van der Waals surface area contributed by atoms with Gasteiger partial charge < -0.3 is 9.73 Å². The molecule has 3 aromatic rings. The average molecular weight is 313 g/mol. The van der Waals surface area contributed by atoms with Crippen LogP contribution in [0.1, 0.15) is 21.0 Å². The van der Waals surface area contributed by atoms with Gasteiger partial charge in [0.25, 0.3) is 5.91 Å². The highest BCUT2D eigenvalue weighted by Gasteiger charge is 2.12. The molecule has 3 rings (SSSR count). The summed E-state index contributed by atoms with van der Waals surface area (Å²) in [5, 5.41) is 5.27. The Morgan fingerprint density at radius 2 is 2.14 bits per heavy atom. The number of benzene rings is 1. The molecule has 0 spiro atoms. The molecule has 112 valence electrons. The van der Waals surface area contributed by atoms with E-state index in [2.05, 4.69) is 5.32 Å². The van der Waals surface area contributed by atoms with E-state index in [0.29, 0.717) is 17.5 Å². The molecule has 0 aliphatic heterocycles. The molecule has 1 N–H and O–H groups in total. The summed E-state index contributed by atoms with van der Waals surface area (Å²) in [5.41, 5.74) is 1.21. The van der Waals surface area contributed by atoms with Gasteiger partial charge in [0.15, 0.2) is 11.2 Å². The third-order valence-electron chi connectivity index (χ3n) is 3.34. The summed E-state index contributed by atoms with van der Waals surface area (Å²) < 4.78 is 5.54. The van der Waals surface area contributed by atoms with Crippen molar-refractivity contribution in [3.63, 3.8) is 0 Å². The third-order valence-corrected chi connectivity index (χ3v) is 4.28. The first-order chi connectivity index (χ1) is 10.6. The number of fused-ring (bicyclic) bond motifs is 1. The van der Waals surface area contributed by atoms with Crippen molar-refractivity contribution in [2.24, 2.45) is 0 Å². The van der Waals surface area contributed by atoms with Crippen molar-refractivity contribution in [3.05, 3.63) is 68.2 Å². The minimum Gasteiger partial charge on any atom is -0.451 e. The topological polar surface area (TPSA) is 59.3 Å². The second-order valence-electron chi connectivity index (χ2n) is 5.06. The van der Waals surface area contributed by atoms with Gasteiger partial charge in [-0.2, -0.15) is 0 Å². The summed E-state index contributed by atoms with van der Waals surface area (Å²) in [7, 11) is 0. The van der Waals surface area contributed by atoms with Gasteiger partial charge >= 0.3 is 0 Å². The second-order valence-corrected chi connectivity index (χ2v) is 6.09. The summed E-state index contributed by atoms with van der Waals surface area (Å²) in [5.74, 6) is -0.316. The van der Waals surface area contributed by atoms with Crippen LogP contribution in [-0.4, -0.2) is 12.5 Å². The van der Waals surface area contributed by atoms with Crippen LogP contribution in [0.15, 0.2) is 51.0 Å². The highest BCUT2D eigenvalue weighted by molar-refractivity contribution is 7.09. The molecule has 0 aliphatic carbocycles. The quantitative estimate of drug-likeness (QED) is 0.805. The molecule has 0 unspecified atom stereocenters. The molecule has 0 aliphatic rings. The van der Waals surface area contributed by atoms with E-state index in [1.807, 2.05) is 30.5 Å². The fraction of sp³-hybridized carbons (Fsp3) is 0.176. The molecule has 2 aromatic heterocycles. The van der Waals surface area contributed by atoms with Crippen LogP contribution in [0.3, 0.4) is 0 Å². The van der Waals surface area contributed by atoms with E-state index in [-0.39, 0.29) is 17.1 Å². The smallest absolute Gasteiger partial charge is 0.287 e. The van der Waals surface area contributed by atoms with E-state index in [1.54, 1.807) is 23.5 Å². The van der Waals surface area contributed by atoms with Crippen LogP contribution in [0.4, 0.5) is 0 Å². The molecular formula is C17H15NO3S. The highest BCUT2D eigenvalue weighted by atomic mass is 32.1. The average Bonchev–Trinajstić information content (AvgIpc) is 3.01. The zero-order valence-corrected chi connectivity index (χ0v) is 12.9. The number of hydrogen-bond donors (Lipinski definition) is 1. The summed E-state index contributed by atoms with van der Waals surface area (Å²) in [6, 6.07) is 10.6. The number of amides is 1. The number of aryl methyl sites for hydroxylation is 1. The Labute approximate surface area is 131 Å². The highest BCUT2D eigenvalue weighted by Crippen LogP contribution is 2.14. The maximum absolute atomic E-state index is 12.1. The van der Waals surface area contributed by atoms with Crippen molar-refractivity contribution in [2.45, 2.75) is 13.3 Å². The monoisotopic (exact) mass is 313 g/mol. The Morgan fingerprint density at radius 3 is 2.91 bits per heavy atom. The van der Waals surface area contributed by atoms with Crippen molar-refractivity contribution >= 4 is 28.2 Å². The van der Waals surface area contributed by atoms with Gasteiger partial charge in [0, 0.05) is 17.5 Å². The van der Waals surface area contributed by atoms with E-state index < -0.39 is 0 Å². The van der Waals surface area contributed by atoms with Crippen LogP contribution in [0.5, 0.6) is 0 Å². The molecular weight excluding hydrogens is 298 g/mol. The van der Waals surface area contributed by atoms with Gasteiger partial charge in [0.2, 0.25) is 0 Å². The Kier molecular flexibility index (Phi) is 4.06. The Hall–Kier alpha value is -2.40. The lowest BCUT2D eigenvalue weighted by atomic mass is 10.1. The van der Waals surface area contributed by atoms with E-state index in [4.69, 9.17) is 4.42 Å². The van der Waals surface area contributed by atoms with Crippen LogP contribution in [0, 0.1) is 6.92 Å². The number of rotatable bonds is 4. The van der Waals surface area contributed by atoms with Crippen LogP contribution >= 0.6 is 11.3 Å². The van der Waals surface area contributed by atoms with E-state index in [9.17, 15) is 9.59 Å². The van der Waals surface area contributed by atoms with Crippen molar-refractivity contribution in [3.8, 4) is 0 Å². The maximum Gasteiger partial charge on any atom is 0.287 e. The fourth-order valence-electron chi connectivity index (χ4n) is 2.22. The van der Waals surface area contributed by atoms with E-state index >= 15 is 0 Å². The zero-order chi connectivity index (χ0) is 15.5. The van der Waals surface area contributed by atoms with Crippen molar-refractivity contribution < 1.29 is 9.21 Å². The molecule has 0 radical (unpaired) electrons. The lowest BCUT2D eigenvalue weighted by molar-refractivity contribution is 0.0927. The van der Waals surface area contributed by atoms with Crippen molar-refractivity contribution in [1.82, 2.24) is 5.32 Å². The van der Waals surface area contributed by atoms with Gasteiger partial charge in [0.05, 0.1) is 5.39 Å². The molecule has 0 saturated heterocycles. The SMILES string of the molecule is Cc1ccc2oc(C(=O)NCCc3cccs3)cc(=O)c2c1. The van der Waals surface area contributed by atoms with Crippen molar-refractivity contribution in [2.75, 3.05) is 6.54 Å². The predicted octanol–water partition coefficient (Wildman–Crippen LogP) is 3.14. The maximum atomic E-state index is 12.1. The van der Waals surface area contributed by atoms with E-state index in [0.717, 1.165) is 12.0 Å². The first-order valence-electron chi connectivity index (χ1n) is 6.98. The molecule has 1 aromatic carbocycles. The van der Waals surface area contributed by atoms with Crippen molar-refractivity contribution in [1.29, 1.82) is 0 Å². The normalized spacial score (nSPS) is 10.8. The summed E-state index contributed by atoms with van der Waals surface area (Å²) in [6.45, 7) is 2.42. The minimum absolute atomic E-state index is 0.0486. The first-order valence-corrected chi connectivity index (χ1v) is 7.86. The fourth-order valence-corrected chi connectivity index (χ4v) is 2.93. The van der Waals surface area contributed by atoms with Gasteiger partial charge in [-0.1, -0.05) is 17.7 Å². The number of carbonyl (C=O) groups excluding carboxylic acids is 1. The number of thiophene rings is 1. The Balaban J connectivity index is 1.76. The molecule has 4 nitrogen and oxygen atoms in total. The van der Waals surface area contributed by atoms with Gasteiger partial charge in [-0.3, -0.25) is 9.59 Å². The zero-order valence-electron chi connectivity index (χ0n) is 12.1.